The Morgan fingerprint density at radius 1 is 1.23 bits per heavy atom. The molecule has 2 heterocycles. The molecular weight excluding hydrogens is 430 g/mol. The van der Waals surface area contributed by atoms with Gasteiger partial charge in [0, 0.05) is 36.8 Å². The Bertz CT molecular complexity index is 996. The van der Waals surface area contributed by atoms with Crippen molar-refractivity contribution in [2.75, 3.05) is 5.32 Å². The maximum Gasteiger partial charge on any atom is 0.391 e. The first-order valence-electron chi connectivity index (χ1n) is 9.24. The van der Waals surface area contributed by atoms with Crippen LogP contribution in [0.2, 0.25) is 0 Å². The summed E-state index contributed by atoms with van der Waals surface area (Å²) in [7, 11) is 0. The highest BCUT2D eigenvalue weighted by molar-refractivity contribution is 5.96. The molecule has 1 aromatic carbocycles. The molecule has 0 saturated carbocycles. The molecular formula is C19H18F6N4O2. The molecule has 1 aliphatic rings. The van der Waals surface area contributed by atoms with E-state index in [4.69, 9.17) is 0 Å². The van der Waals surface area contributed by atoms with Gasteiger partial charge in [0.2, 0.25) is 0 Å². The molecule has 0 fully saturated rings. The van der Waals surface area contributed by atoms with Crippen molar-refractivity contribution < 1.29 is 35.9 Å². The van der Waals surface area contributed by atoms with Crippen LogP contribution in [-0.4, -0.2) is 38.5 Å². The highest BCUT2D eigenvalue weighted by Gasteiger charge is 2.39. The Morgan fingerprint density at radius 2 is 1.84 bits per heavy atom. The predicted molar refractivity (Wildman–Crippen MR) is 96.7 cm³/mol. The number of imidazole rings is 1. The lowest BCUT2D eigenvalue weighted by Crippen LogP contribution is -2.46. The normalized spacial score (nSPS) is 17.3. The number of amides is 2. The number of rotatable bonds is 4. The summed E-state index contributed by atoms with van der Waals surface area (Å²) in [6.45, 7) is 2.59. The molecule has 1 aliphatic heterocycles. The number of benzene rings is 1. The van der Waals surface area contributed by atoms with Crippen LogP contribution in [-0.2, 0) is 13.1 Å². The third-order valence-corrected chi connectivity index (χ3v) is 5.07. The minimum atomic E-state index is -4.53. The van der Waals surface area contributed by atoms with Gasteiger partial charge in [-0.25, -0.2) is 22.9 Å². The first-order valence-corrected chi connectivity index (χ1v) is 9.24. The lowest BCUT2D eigenvalue weighted by Gasteiger charge is -2.34. The summed E-state index contributed by atoms with van der Waals surface area (Å²) < 4.78 is 79.8. The summed E-state index contributed by atoms with van der Waals surface area (Å²) in [6.07, 6.45) is -4.00. The van der Waals surface area contributed by atoms with E-state index in [9.17, 15) is 35.9 Å². The van der Waals surface area contributed by atoms with E-state index in [0.717, 1.165) is 6.92 Å². The van der Waals surface area contributed by atoms with E-state index in [0.29, 0.717) is 12.1 Å². The maximum atomic E-state index is 13.4. The number of hydrogen-bond acceptors (Lipinski definition) is 3. The zero-order valence-corrected chi connectivity index (χ0v) is 16.4. The van der Waals surface area contributed by atoms with E-state index in [2.05, 4.69) is 10.3 Å². The van der Waals surface area contributed by atoms with E-state index in [1.807, 2.05) is 0 Å². The fraction of sp³-hybridized carbons (Fsp3) is 0.421. The number of carbonyl (C=O) groups excluding carboxylic acids is 2. The highest BCUT2D eigenvalue weighted by Crippen LogP contribution is 2.30. The summed E-state index contributed by atoms with van der Waals surface area (Å²) in [5, 5.41) is 2.25. The van der Waals surface area contributed by atoms with Crippen molar-refractivity contribution in [2.45, 2.75) is 45.6 Å². The first kappa shape index (κ1) is 22.6. The van der Waals surface area contributed by atoms with Crippen molar-refractivity contribution in [3.63, 3.8) is 0 Å². The number of fused-ring (bicyclic) bond motifs is 1. The molecule has 0 saturated heterocycles. The molecule has 1 aromatic heterocycles. The molecule has 0 bridgehead atoms. The van der Waals surface area contributed by atoms with E-state index < -0.39 is 53.8 Å². The van der Waals surface area contributed by atoms with Gasteiger partial charge in [-0.2, -0.15) is 13.2 Å². The molecule has 6 nitrogen and oxygen atoms in total. The van der Waals surface area contributed by atoms with Crippen LogP contribution >= 0.6 is 0 Å². The van der Waals surface area contributed by atoms with Crippen LogP contribution in [0.4, 0.5) is 36.8 Å². The third kappa shape index (κ3) is 4.67. The average molecular weight is 448 g/mol. The quantitative estimate of drug-likeness (QED) is 0.425. The second kappa shape index (κ2) is 8.23. The first-order chi connectivity index (χ1) is 14.4. The van der Waals surface area contributed by atoms with Crippen LogP contribution in [0.15, 0.2) is 18.5 Å². The van der Waals surface area contributed by atoms with Crippen LogP contribution in [0.1, 0.15) is 36.5 Å². The molecule has 31 heavy (non-hydrogen) atoms. The fourth-order valence-corrected chi connectivity index (χ4v) is 3.25. The van der Waals surface area contributed by atoms with Crippen LogP contribution in [0.25, 0.3) is 0 Å². The van der Waals surface area contributed by atoms with Crippen molar-refractivity contribution in [2.24, 2.45) is 5.92 Å². The van der Waals surface area contributed by atoms with Crippen LogP contribution < -0.4 is 5.32 Å². The van der Waals surface area contributed by atoms with E-state index in [-0.39, 0.29) is 30.2 Å². The Hall–Kier alpha value is -3.05. The zero-order valence-electron chi connectivity index (χ0n) is 16.4. The molecule has 2 aromatic rings. The number of Topliss-reactive ketones (excluding diaryl/α,β-unsaturated/α-hetero) is 1. The molecule has 0 unspecified atom stereocenters. The SMILES string of the molecule is C[C@@H]1Cn2cnc(C(=O)C[C@H](C)C(F)(F)F)c2CN1C(=O)Nc1cc(F)c(F)c(F)c1. The van der Waals surface area contributed by atoms with Gasteiger partial charge in [0.15, 0.2) is 23.2 Å². The largest absolute Gasteiger partial charge is 0.391 e. The minimum Gasteiger partial charge on any atom is -0.330 e. The molecule has 12 heteroatoms. The Kier molecular flexibility index (Phi) is 6.01. The molecule has 2 atom stereocenters. The van der Waals surface area contributed by atoms with Gasteiger partial charge in [-0.3, -0.25) is 4.79 Å². The minimum absolute atomic E-state index is 0.166. The Balaban J connectivity index is 1.78. The van der Waals surface area contributed by atoms with Crippen LogP contribution in [0.5, 0.6) is 0 Å². The number of ketones is 1. The number of urea groups is 1. The summed E-state index contributed by atoms with van der Waals surface area (Å²) >= 11 is 0. The predicted octanol–water partition coefficient (Wildman–Crippen LogP) is 4.51. The number of anilines is 1. The molecule has 0 aliphatic carbocycles. The molecule has 0 spiro atoms. The molecule has 3 rings (SSSR count). The van der Waals surface area contributed by atoms with Gasteiger partial charge in [0.1, 0.15) is 5.69 Å². The summed E-state index contributed by atoms with van der Waals surface area (Å²) in [4.78, 5) is 30.2. The number of nitrogens with one attached hydrogen (secondary N) is 1. The molecule has 2 amide bonds. The van der Waals surface area contributed by atoms with Gasteiger partial charge in [0.25, 0.3) is 0 Å². The van der Waals surface area contributed by atoms with Crippen molar-refractivity contribution in [1.29, 1.82) is 0 Å². The van der Waals surface area contributed by atoms with Crippen LogP contribution in [0.3, 0.4) is 0 Å². The van der Waals surface area contributed by atoms with Gasteiger partial charge in [-0.1, -0.05) is 6.92 Å². The summed E-state index contributed by atoms with van der Waals surface area (Å²) in [6, 6.07) is 0.00649. The fourth-order valence-electron chi connectivity index (χ4n) is 3.25. The Labute approximate surface area is 172 Å². The average Bonchev–Trinajstić information content (AvgIpc) is 3.07. The van der Waals surface area contributed by atoms with Gasteiger partial charge in [0.05, 0.1) is 24.5 Å². The number of alkyl halides is 3. The highest BCUT2D eigenvalue weighted by atomic mass is 19.4. The Morgan fingerprint density at radius 3 is 2.42 bits per heavy atom. The van der Waals surface area contributed by atoms with Gasteiger partial charge in [-0.05, 0) is 6.92 Å². The number of hydrogen-bond donors (Lipinski definition) is 1. The smallest absolute Gasteiger partial charge is 0.330 e. The number of nitrogens with zero attached hydrogens (tertiary/aromatic N) is 3. The molecule has 168 valence electrons. The monoisotopic (exact) mass is 448 g/mol. The van der Waals surface area contributed by atoms with Gasteiger partial charge in [-0.15, -0.1) is 0 Å². The lowest BCUT2D eigenvalue weighted by molar-refractivity contribution is -0.168. The van der Waals surface area contributed by atoms with Gasteiger partial charge < -0.3 is 14.8 Å². The van der Waals surface area contributed by atoms with E-state index in [1.165, 1.54) is 11.2 Å². The number of aromatic nitrogens is 2. The maximum absolute atomic E-state index is 13.4. The van der Waals surface area contributed by atoms with E-state index >= 15 is 0 Å². The zero-order chi connectivity index (χ0) is 23.1. The summed E-state index contributed by atoms with van der Waals surface area (Å²) in [5.74, 6) is -7.30. The third-order valence-electron chi connectivity index (χ3n) is 5.07. The summed E-state index contributed by atoms with van der Waals surface area (Å²) in [5.41, 5.74) is -0.230. The van der Waals surface area contributed by atoms with Gasteiger partial charge >= 0.3 is 12.2 Å². The van der Waals surface area contributed by atoms with Crippen molar-refractivity contribution >= 4 is 17.5 Å². The van der Waals surface area contributed by atoms with Crippen molar-refractivity contribution in [3.05, 3.63) is 47.3 Å². The number of carbonyl (C=O) groups is 2. The molecule has 1 N–H and O–H groups in total. The number of halogens is 6. The molecule has 0 radical (unpaired) electrons. The standard InChI is InChI=1S/C19H18F6N4O2/c1-9(19(23,24)25)3-15(30)17-14-7-29(10(2)6-28(14)8-26-17)18(31)27-11-4-12(20)16(22)13(21)5-11/h4-5,8-10H,3,6-7H2,1-2H3,(H,27,31)/t9-,10+/m0/s1. The van der Waals surface area contributed by atoms with Crippen LogP contribution in [0, 0.1) is 23.4 Å². The topological polar surface area (TPSA) is 67.2 Å². The van der Waals surface area contributed by atoms with Crippen molar-refractivity contribution in [3.8, 4) is 0 Å². The van der Waals surface area contributed by atoms with E-state index in [1.54, 1.807) is 11.5 Å². The second-order valence-corrected chi connectivity index (χ2v) is 7.42. The second-order valence-electron chi connectivity index (χ2n) is 7.42. The lowest BCUT2D eigenvalue weighted by atomic mass is 10.0. The van der Waals surface area contributed by atoms with Crippen molar-refractivity contribution in [1.82, 2.24) is 14.5 Å².